The van der Waals surface area contributed by atoms with E-state index in [0.717, 1.165) is 0 Å². The van der Waals surface area contributed by atoms with Gasteiger partial charge < -0.3 is 9.30 Å². The van der Waals surface area contributed by atoms with E-state index in [2.05, 4.69) is 6.58 Å². The van der Waals surface area contributed by atoms with Gasteiger partial charge in [-0.25, -0.2) is 4.79 Å². The molecule has 0 N–H and O–H groups in total. The molecule has 17 heavy (non-hydrogen) atoms. The van der Waals surface area contributed by atoms with Crippen LogP contribution in [0.2, 0.25) is 0 Å². The summed E-state index contributed by atoms with van der Waals surface area (Å²) in [5, 5.41) is 0. The first-order valence-corrected chi connectivity index (χ1v) is 5.50. The molecule has 0 bridgehead atoms. The number of aromatic nitrogens is 1. The number of Topliss-reactive ketones (excluding diaryl/α,β-unsaturated/α-hetero) is 1. The van der Waals surface area contributed by atoms with Crippen molar-refractivity contribution in [2.75, 3.05) is 0 Å². The van der Waals surface area contributed by atoms with Crippen molar-refractivity contribution in [3.63, 3.8) is 0 Å². The second kappa shape index (κ2) is 5.48. The molecule has 0 aliphatic rings. The van der Waals surface area contributed by atoms with Crippen LogP contribution in [-0.4, -0.2) is 22.4 Å². The largest absolute Gasteiger partial charge is 0.453 e. The van der Waals surface area contributed by atoms with Gasteiger partial charge >= 0.3 is 5.97 Å². The molecule has 1 heterocycles. The van der Waals surface area contributed by atoms with Gasteiger partial charge in [-0.3, -0.25) is 4.79 Å². The highest BCUT2D eigenvalue weighted by molar-refractivity contribution is 5.97. The number of hydrogen-bond donors (Lipinski definition) is 0. The molecule has 0 amide bonds. The molecule has 1 rings (SSSR count). The topological polar surface area (TPSA) is 48.3 Å². The van der Waals surface area contributed by atoms with Gasteiger partial charge in [0, 0.05) is 18.8 Å². The van der Waals surface area contributed by atoms with Gasteiger partial charge in [0.1, 0.15) is 11.8 Å². The zero-order chi connectivity index (χ0) is 13.0. The van der Waals surface area contributed by atoms with Gasteiger partial charge in [-0.2, -0.15) is 0 Å². The minimum Gasteiger partial charge on any atom is -0.453 e. The predicted octanol–water partition coefficient (Wildman–Crippen LogP) is 2.35. The van der Waals surface area contributed by atoms with Crippen LogP contribution in [0, 0.1) is 0 Å². The molecule has 0 aliphatic heterocycles. The Labute approximate surface area is 101 Å². The monoisotopic (exact) mass is 235 g/mol. The smallest absolute Gasteiger partial charge is 0.355 e. The number of ketones is 1. The molecular weight excluding hydrogens is 218 g/mol. The van der Waals surface area contributed by atoms with E-state index in [-0.39, 0.29) is 11.9 Å². The van der Waals surface area contributed by atoms with E-state index in [1.165, 1.54) is 6.92 Å². The van der Waals surface area contributed by atoms with E-state index in [1.807, 2.05) is 6.92 Å². The Hall–Kier alpha value is -1.84. The van der Waals surface area contributed by atoms with Crippen LogP contribution in [0.5, 0.6) is 0 Å². The lowest BCUT2D eigenvalue weighted by atomic mass is 10.2. The Morgan fingerprint density at radius 2 is 2.24 bits per heavy atom. The third-order valence-electron chi connectivity index (χ3n) is 2.54. The number of carbonyl (C=O) groups is 2. The van der Waals surface area contributed by atoms with Crippen LogP contribution < -0.4 is 0 Å². The van der Waals surface area contributed by atoms with Crippen molar-refractivity contribution >= 4 is 11.8 Å². The Morgan fingerprint density at radius 1 is 1.59 bits per heavy atom. The van der Waals surface area contributed by atoms with E-state index in [4.69, 9.17) is 4.74 Å². The van der Waals surface area contributed by atoms with E-state index >= 15 is 0 Å². The first-order valence-electron chi connectivity index (χ1n) is 5.50. The molecule has 1 aromatic rings. The van der Waals surface area contributed by atoms with Crippen LogP contribution in [-0.2, 0) is 11.8 Å². The van der Waals surface area contributed by atoms with E-state index < -0.39 is 5.97 Å². The highest BCUT2D eigenvalue weighted by atomic mass is 16.5. The molecule has 1 atom stereocenters. The lowest BCUT2D eigenvalue weighted by Crippen LogP contribution is -2.17. The normalized spacial score (nSPS) is 11.9. The van der Waals surface area contributed by atoms with E-state index in [0.29, 0.717) is 17.7 Å². The van der Waals surface area contributed by atoms with Gasteiger partial charge in [-0.15, -0.1) is 0 Å². The summed E-state index contributed by atoms with van der Waals surface area (Å²) in [4.78, 5) is 23.0. The number of hydrogen-bond acceptors (Lipinski definition) is 3. The van der Waals surface area contributed by atoms with Gasteiger partial charge in [0.15, 0.2) is 5.78 Å². The molecule has 92 valence electrons. The number of carbonyl (C=O) groups excluding carboxylic acids is 2. The van der Waals surface area contributed by atoms with Gasteiger partial charge in [-0.05, 0) is 19.4 Å². The van der Waals surface area contributed by atoms with Crippen molar-refractivity contribution in [3.05, 3.63) is 36.2 Å². The van der Waals surface area contributed by atoms with Crippen LogP contribution in [0.15, 0.2) is 24.9 Å². The van der Waals surface area contributed by atoms with Crippen LogP contribution in [0.3, 0.4) is 0 Å². The first-order chi connectivity index (χ1) is 7.99. The highest BCUT2D eigenvalue weighted by Gasteiger charge is 2.17. The average molecular weight is 235 g/mol. The molecule has 4 nitrogen and oxygen atoms in total. The Bertz CT molecular complexity index is 446. The molecule has 0 radical (unpaired) electrons. The number of ether oxygens (including phenoxy) is 1. The van der Waals surface area contributed by atoms with E-state index in [9.17, 15) is 9.59 Å². The first kappa shape index (κ1) is 13.2. The lowest BCUT2D eigenvalue weighted by Gasteiger charge is -2.11. The van der Waals surface area contributed by atoms with Crippen molar-refractivity contribution in [1.82, 2.24) is 4.57 Å². The van der Waals surface area contributed by atoms with Gasteiger partial charge in [-0.1, -0.05) is 19.6 Å². The standard InChI is InChI=1S/C13H17NO3/c1-5-11(6-2)17-13(16)12-7-10(9(3)15)8-14(12)4/h5,7-8,11H,1,6H2,2-4H3/t11-/m0/s1. The average Bonchev–Trinajstić information content (AvgIpc) is 2.68. The maximum Gasteiger partial charge on any atom is 0.355 e. The summed E-state index contributed by atoms with van der Waals surface area (Å²) in [6, 6.07) is 1.54. The summed E-state index contributed by atoms with van der Waals surface area (Å²) in [5.74, 6) is -0.512. The fourth-order valence-corrected chi connectivity index (χ4v) is 1.46. The van der Waals surface area contributed by atoms with Gasteiger partial charge in [0.05, 0.1) is 0 Å². The molecule has 0 saturated carbocycles. The summed E-state index contributed by atoms with van der Waals surface area (Å²) >= 11 is 0. The van der Waals surface area contributed by atoms with Gasteiger partial charge in [0.2, 0.25) is 0 Å². The van der Waals surface area contributed by atoms with Crippen molar-refractivity contribution in [3.8, 4) is 0 Å². The third kappa shape index (κ3) is 3.06. The summed E-state index contributed by atoms with van der Waals surface area (Å²) in [5.41, 5.74) is 0.876. The zero-order valence-electron chi connectivity index (χ0n) is 10.4. The van der Waals surface area contributed by atoms with Crippen molar-refractivity contribution in [2.45, 2.75) is 26.4 Å². The summed E-state index contributed by atoms with van der Waals surface area (Å²) in [7, 11) is 1.71. The summed E-state index contributed by atoms with van der Waals surface area (Å²) in [6.45, 7) is 6.97. The fraction of sp³-hybridized carbons (Fsp3) is 0.385. The molecule has 0 aromatic carbocycles. The van der Waals surface area contributed by atoms with Crippen molar-refractivity contribution < 1.29 is 14.3 Å². The van der Waals surface area contributed by atoms with Crippen molar-refractivity contribution in [1.29, 1.82) is 0 Å². The maximum absolute atomic E-state index is 11.8. The molecular formula is C13H17NO3. The molecule has 0 aliphatic carbocycles. The minimum absolute atomic E-state index is 0.0737. The quantitative estimate of drug-likeness (QED) is 0.447. The second-order valence-electron chi connectivity index (χ2n) is 3.87. The Morgan fingerprint density at radius 3 is 2.65 bits per heavy atom. The Balaban J connectivity index is 2.89. The molecule has 0 saturated heterocycles. The molecule has 1 aromatic heterocycles. The molecule has 0 spiro atoms. The number of esters is 1. The fourth-order valence-electron chi connectivity index (χ4n) is 1.46. The summed E-state index contributed by atoms with van der Waals surface area (Å²) < 4.78 is 6.81. The summed E-state index contributed by atoms with van der Waals surface area (Å²) in [6.07, 6.45) is 3.60. The zero-order valence-corrected chi connectivity index (χ0v) is 10.4. The second-order valence-corrected chi connectivity index (χ2v) is 3.87. The van der Waals surface area contributed by atoms with Gasteiger partial charge in [0.25, 0.3) is 0 Å². The molecule has 0 fully saturated rings. The van der Waals surface area contributed by atoms with Crippen molar-refractivity contribution in [2.24, 2.45) is 7.05 Å². The lowest BCUT2D eigenvalue weighted by molar-refractivity contribution is 0.0378. The minimum atomic E-state index is -0.438. The number of aryl methyl sites for hydroxylation is 1. The van der Waals surface area contributed by atoms with E-state index in [1.54, 1.807) is 30.0 Å². The molecule has 0 unspecified atom stereocenters. The van der Waals surface area contributed by atoms with Crippen LogP contribution >= 0.6 is 0 Å². The number of rotatable bonds is 5. The maximum atomic E-state index is 11.8. The predicted molar refractivity (Wildman–Crippen MR) is 65.1 cm³/mol. The highest BCUT2D eigenvalue weighted by Crippen LogP contribution is 2.11. The van der Waals surface area contributed by atoms with Crippen LogP contribution in [0.4, 0.5) is 0 Å². The Kier molecular flexibility index (Phi) is 4.26. The SMILES string of the molecule is C=C[C@@H](CC)OC(=O)c1cc(C(C)=O)cn1C. The molecule has 4 heteroatoms. The third-order valence-corrected chi connectivity index (χ3v) is 2.54. The van der Waals surface area contributed by atoms with Crippen LogP contribution in [0.1, 0.15) is 41.1 Å². The van der Waals surface area contributed by atoms with Crippen LogP contribution in [0.25, 0.3) is 0 Å². The number of nitrogens with zero attached hydrogens (tertiary/aromatic N) is 1.